The van der Waals surface area contributed by atoms with E-state index in [0.29, 0.717) is 18.9 Å². The van der Waals surface area contributed by atoms with Crippen molar-refractivity contribution >= 4 is 17.6 Å². The first-order valence-electron chi connectivity index (χ1n) is 4.10. The number of aliphatic hydroxyl groups is 1. The van der Waals surface area contributed by atoms with Gasteiger partial charge in [-0.05, 0) is 19.8 Å². The minimum absolute atomic E-state index is 0.0741. The summed E-state index contributed by atoms with van der Waals surface area (Å²) in [5.41, 5.74) is 0. The third-order valence-corrected chi connectivity index (χ3v) is 1.65. The third-order valence-electron chi connectivity index (χ3n) is 1.38. The first-order chi connectivity index (χ1) is 5.70. The molecule has 1 N–H and O–H groups in total. The molecule has 0 saturated carbocycles. The summed E-state index contributed by atoms with van der Waals surface area (Å²) < 4.78 is 4.66. The number of hydrogen-bond acceptors (Lipinski definition) is 3. The number of esters is 1. The summed E-state index contributed by atoms with van der Waals surface area (Å²) in [6.45, 7) is 2.10. The average Bonchev–Trinajstić information content (AvgIpc) is 2.01. The van der Waals surface area contributed by atoms with Crippen LogP contribution in [0.5, 0.6) is 0 Å². The van der Waals surface area contributed by atoms with Crippen molar-refractivity contribution in [2.45, 2.75) is 32.3 Å². The van der Waals surface area contributed by atoms with Gasteiger partial charge >= 0.3 is 5.97 Å². The van der Waals surface area contributed by atoms with Gasteiger partial charge in [0.15, 0.2) is 0 Å². The minimum Gasteiger partial charge on any atom is -0.466 e. The number of halogens is 1. The van der Waals surface area contributed by atoms with E-state index in [-0.39, 0.29) is 12.4 Å². The van der Waals surface area contributed by atoms with Crippen LogP contribution in [-0.4, -0.2) is 29.7 Å². The predicted molar refractivity (Wildman–Crippen MR) is 47.2 cm³/mol. The highest BCUT2D eigenvalue weighted by Crippen LogP contribution is 2.03. The lowest BCUT2D eigenvalue weighted by molar-refractivity contribution is -0.145. The van der Waals surface area contributed by atoms with Crippen LogP contribution in [0.15, 0.2) is 0 Å². The fraction of sp³-hybridized carbons (Fsp3) is 0.875. The fourth-order valence-corrected chi connectivity index (χ4v) is 0.981. The molecule has 0 aromatic heterocycles. The van der Waals surface area contributed by atoms with Crippen LogP contribution in [0.2, 0.25) is 0 Å². The van der Waals surface area contributed by atoms with Gasteiger partial charge in [-0.2, -0.15) is 0 Å². The van der Waals surface area contributed by atoms with Gasteiger partial charge in [0, 0.05) is 5.88 Å². The van der Waals surface area contributed by atoms with E-state index in [1.54, 1.807) is 6.92 Å². The minimum atomic E-state index is -0.609. The van der Waals surface area contributed by atoms with E-state index in [1.807, 2.05) is 0 Å². The Hall–Kier alpha value is -0.280. The Morgan fingerprint density at radius 2 is 2.33 bits per heavy atom. The highest BCUT2D eigenvalue weighted by atomic mass is 35.5. The molecule has 4 heteroatoms. The smallest absolute Gasteiger partial charge is 0.308 e. The second-order valence-electron chi connectivity index (χ2n) is 2.49. The molecule has 0 fully saturated rings. The normalized spacial score (nSPS) is 12.6. The van der Waals surface area contributed by atoms with Crippen molar-refractivity contribution in [3.05, 3.63) is 0 Å². The molecule has 0 radical (unpaired) electrons. The third kappa shape index (κ3) is 6.43. The van der Waals surface area contributed by atoms with Crippen LogP contribution >= 0.6 is 11.6 Å². The van der Waals surface area contributed by atoms with Crippen LogP contribution in [0.1, 0.15) is 26.2 Å². The first kappa shape index (κ1) is 11.7. The maximum atomic E-state index is 10.8. The molecule has 12 heavy (non-hydrogen) atoms. The summed E-state index contributed by atoms with van der Waals surface area (Å²) in [4.78, 5) is 10.8. The van der Waals surface area contributed by atoms with Crippen LogP contribution < -0.4 is 0 Å². The molecule has 3 nitrogen and oxygen atoms in total. The lowest BCUT2D eigenvalue weighted by Gasteiger charge is -2.07. The molecule has 0 bridgehead atoms. The number of hydrogen-bond donors (Lipinski definition) is 1. The summed E-state index contributed by atoms with van der Waals surface area (Å²) in [6, 6.07) is 0. The Morgan fingerprint density at radius 1 is 1.67 bits per heavy atom. The van der Waals surface area contributed by atoms with Crippen molar-refractivity contribution in [1.82, 2.24) is 0 Å². The van der Waals surface area contributed by atoms with Gasteiger partial charge in [-0.15, -0.1) is 11.6 Å². The van der Waals surface area contributed by atoms with Crippen LogP contribution in [0.25, 0.3) is 0 Å². The standard InChI is InChI=1S/C8H15ClO3/c1-2-12-8(11)6-7(10)4-3-5-9/h7,10H,2-6H2,1H3. The van der Waals surface area contributed by atoms with Gasteiger partial charge in [0.2, 0.25) is 0 Å². The van der Waals surface area contributed by atoms with Gasteiger partial charge in [-0.1, -0.05) is 0 Å². The molecule has 0 heterocycles. The molecule has 1 atom stereocenters. The highest BCUT2D eigenvalue weighted by molar-refractivity contribution is 6.17. The Bertz CT molecular complexity index is 127. The van der Waals surface area contributed by atoms with Gasteiger partial charge in [0.1, 0.15) is 0 Å². The van der Waals surface area contributed by atoms with E-state index in [2.05, 4.69) is 4.74 Å². The van der Waals surface area contributed by atoms with Crippen molar-refractivity contribution in [2.75, 3.05) is 12.5 Å². The lowest BCUT2D eigenvalue weighted by Crippen LogP contribution is -2.15. The van der Waals surface area contributed by atoms with E-state index in [9.17, 15) is 9.90 Å². The van der Waals surface area contributed by atoms with Gasteiger partial charge in [0.05, 0.1) is 19.1 Å². The maximum absolute atomic E-state index is 10.8. The van der Waals surface area contributed by atoms with E-state index in [1.165, 1.54) is 0 Å². The molecule has 0 aliphatic carbocycles. The zero-order valence-corrected chi connectivity index (χ0v) is 8.01. The summed E-state index contributed by atoms with van der Waals surface area (Å²) in [5.74, 6) is 0.166. The molecule has 72 valence electrons. The van der Waals surface area contributed by atoms with Gasteiger partial charge in [-0.25, -0.2) is 0 Å². The molecule has 0 aliphatic rings. The number of ether oxygens (including phenoxy) is 1. The molecule has 0 aromatic rings. The van der Waals surface area contributed by atoms with Crippen molar-refractivity contribution in [3.63, 3.8) is 0 Å². The van der Waals surface area contributed by atoms with Gasteiger partial charge in [-0.3, -0.25) is 4.79 Å². The average molecular weight is 195 g/mol. The predicted octanol–water partition coefficient (Wildman–Crippen LogP) is 1.32. The monoisotopic (exact) mass is 194 g/mol. The molecule has 0 rings (SSSR count). The maximum Gasteiger partial charge on any atom is 0.308 e. The molecular weight excluding hydrogens is 180 g/mol. The number of alkyl halides is 1. The Kier molecular flexibility index (Phi) is 7.20. The largest absolute Gasteiger partial charge is 0.466 e. The van der Waals surface area contributed by atoms with E-state index in [0.717, 1.165) is 6.42 Å². The van der Waals surface area contributed by atoms with Crippen molar-refractivity contribution < 1.29 is 14.6 Å². The van der Waals surface area contributed by atoms with Gasteiger partial charge < -0.3 is 9.84 Å². The zero-order chi connectivity index (χ0) is 9.40. The van der Waals surface area contributed by atoms with Crippen LogP contribution in [0.3, 0.4) is 0 Å². The molecule has 1 unspecified atom stereocenters. The summed E-state index contributed by atoms with van der Waals surface area (Å²) in [6.07, 6.45) is 0.748. The molecule has 0 amide bonds. The molecule has 0 aliphatic heterocycles. The van der Waals surface area contributed by atoms with Crippen LogP contribution in [0, 0.1) is 0 Å². The van der Waals surface area contributed by atoms with E-state index in [4.69, 9.17) is 11.6 Å². The number of carbonyl (C=O) groups is 1. The SMILES string of the molecule is CCOC(=O)CC(O)CCCCl. The van der Waals surface area contributed by atoms with Crippen LogP contribution in [-0.2, 0) is 9.53 Å². The van der Waals surface area contributed by atoms with Crippen LogP contribution in [0.4, 0.5) is 0 Å². The Balaban J connectivity index is 3.40. The quantitative estimate of drug-likeness (QED) is 0.513. The Labute approximate surface area is 77.7 Å². The summed E-state index contributed by atoms with van der Waals surface area (Å²) in [5, 5.41) is 9.22. The second-order valence-corrected chi connectivity index (χ2v) is 2.87. The Morgan fingerprint density at radius 3 is 2.83 bits per heavy atom. The lowest BCUT2D eigenvalue weighted by atomic mass is 10.1. The van der Waals surface area contributed by atoms with Crippen molar-refractivity contribution in [1.29, 1.82) is 0 Å². The topological polar surface area (TPSA) is 46.5 Å². The summed E-state index contributed by atoms with van der Waals surface area (Å²) >= 11 is 5.42. The van der Waals surface area contributed by atoms with E-state index >= 15 is 0 Å². The van der Waals surface area contributed by atoms with Crippen molar-refractivity contribution in [3.8, 4) is 0 Å². The summed E-state index contributed by atoms with van der Waals surface area (Å²) in [7, 11) is 0. The van der Waals surface area contributed by atoms with E-state index < -0.39 is 6.10 Å². The highest BCUT2D eigenvalue weighted by Gasteiger charge is 2.10. The number of carbonyl (C=O) groups excluding carboxylic acids is 1. The molecule has 0 aromatic carbocycles. The first-order valence-corrected chi connectivity index (χ1v) is 4.63. The zero-order valence-electron chi connectivity index (χ0n) is 7.25. The number of rotatable bonds is 6. The molecular formula is C8H15ClO3. The molecule has 0 saturated heterocycles. The van der Waals surface area contributed by atoms with Crippen molar-refractivity contribution in [2.24, 2.45) is 0 Å². The number of aliphatic hydroxyl groups excluding tert-OH is 1. The fourth-order valence-electron chi connectivity index (χ4n) is 0.827. The van der Waals surface area contributed by atoms with Gasteiger partial charge in [0.25, 0.3) is 0 Å². The molecule has 0 spiro atoms. The second kappa shape index (κ2) is 7.37.